The topological polar surface area (TPSA) is 33.5 Å². The fraction of sp³-hybridized carbons (Fsp3) is 0.0667. The predicted molar refractivity (Wildman–Crippen MR) is 85.8 cm³/mol. The number of benzene rings is 1. The SMILES string of the molecule is O=C1C(=Cc2ccco2)SC(=S)N1c1cccc(C(F)(F)F)c1. The zero-order valence-electron chi connectivity index (χ0n) is 11.3. The molecule has 1 aliphatic heterocycles. The van der Waals surface area contributed by atoms with E-state index in [-0.39, 0.29) is 10.0 Å². The van der Waals surface area contributed by atoms with Gasteiger partial charge in [-0.3, -0.25) is 9.69 Å². The van der Waals surface area contributed by atoms with Crippen LogP contribution in [0.5, 0.6) is 0 Å². The average Bonchev–Trinajstić information content (AvgIpc) is 3.08. The average molecular weight is 355 g/mol. The standard InChI is InChI=1S/C15H8F3NO2S2/c16-15(17,18)9-3-1-4-10(7-9)19-13(20)12(23-14(19)22)8-11-5-2-6-21-11/h1-8H. The van der Waals surface area contributed by atoms with Gasteiger partial charge in [-0.1, -0.05) is 30.0 Å². The van der Waals surface area contributed by atoms with E-state index >= 15 is 0 Å². The van der Waals surface area contributed by atoms with Gasteiger partial charge in [-0.2, -0.15) is 13.2 Å². The van der Waals surface area contributed by atoms with Gasteiger partial charge in [0.15, 0.2) is 4.32 Å². The van der Waals surface area contributed by atoms with E-state index < -0.39 is 17.6 Å². The van der Waals surface area contributed by atoms with Gasteiger partial charge in [-0.05, 0) is 30.3 Å². The molecule has 3 rings (SSSR count). The first-order valence-corrected chi connectivity index (χ1v) is 7.57. The molecule has 0 spiro atoms. The highest BCUT2D eigenvalue weighted by molar-refractivity contribution is 8.27. The van der Waals surface area contributed by atoms with Crippen LogP contribution in [-0.2, 0) is 11.0 Å². The smallest absolute Gasteiger partial charge is 0.416 e. The molecular weight excluding hydrogens is 347 g/mol. The summed E-state index contributed by atoms with van der Waals surface area (Å²) in [7, 11) is 0. The van der Waals surface area contributed by atoms with Gasteiger partial charge >= 0.3 is 6.18 Å². The molecule has 2 heterocycles. The maximum Gasteiger partial charge on any atom is 0.416 e. The molecule has 1 aliphatic rings. The number of alkyl halides is 3. The van der Waals surface area contributed by atoms with Gasteiger partial charge in [0.1, 0.15) is 5.76 Å². The third-order valence-electron chi connectivity index (χ3n) is 3.04. The molecule has 118 valence electrons. The largest absolute Gasteiger partial charge is 0.465 e. The molecule has 0 bridgehead atoms. The van der Waals surface area contributed by atoms with Crippen LogP contribution in [0.2, 0.25) is 0 Å². The highest BCUT2D eigenvalue weighted by Crippen LogP contribution is 2.38. The summed E-state index contributed by atoms with van der Waals surface area (Å²) in [6.07, 6.45) is -1.52. The van der Waals surface area contributed by atoms with Gasteiger partial charge in [-0.15, -0.1) is 0 Å². The summed E-state index contributed by atoms with van der Waals surface area (Å²) < 4.78 is 43.7. The Labute approximate surface area is 138 Å². The van der Waals surface area contributed by atoms with Gasteiger partial charge in [-0.25, -0.2) is 0 Å². The van der Waals surface area contributed by atoms with E-state index in [0.29, 0.717) is 10.7 Å². The van der Waals surface area contributed by atoms with Gasteiger partial charge in [0.25, 0.3) is 5.91 Å². The molecular formula is C15H8F3NO2S2. The number of thioether (sulfide) groups is 1. The van der Waals surface area contributed by atoms with Crippen LogP contribution in [0.3, 0.4) is 0 Å². The Balaban J connectivity index is 1.95. The molecule has 8 heteroatoms. The van der Waals surface area contributed by atoms with E-state index in [1.165, 1.54) is 24.5 Å². The van der Waals surface area contributed by atoms with Crippen molar-refractivity contribution in [2.75, 3.05) is 4.90 Å². The van der Waals surface area contributed by atoms with E-state index in [1.807, 2.05) is 0 Å². The van der Waals surface area contributed by atoms with Crippen LogP contribution in [0.1, 0.15) is 11.3 Å². The second-order valence-electron chi connectivity index (χ2n) is 4.58. The minimum atomic E-state index is -4.49. The van der Waals surface area contributed by atoms with E-state index in [9.17, 15) is 18.0 Å². The van der Waals surface area contributed by atoms with Crippen LogP contribution in [0.15, 0.2) is 52.0 Å². The second-order valence-corrected chi connectivity index (χ2v) is 6.26. The normalized spacial score (nSPS) is 17.3. The highest BCUT2D eigenvalue weighted by atomic mass is 32.2. The van der Waals surface area contributed by atoms with Crippen LogP contribution in [0.25, 0.3) is 6.08 Å². The fourth-order valence-corrected chi connectivity index (χ4v) is 3.29. The van der Waals surface area contributed by atoms with Crippen molar-refractivity contribution in [3.63, 3.8) is 0 Å². The molecule has 23 heavy (non-hydrogen) atoms. The molecule has 1 saturated heterocycles. The lowest BCUT2D eigenvalue weighted by atomic mass is 10.2. The Hall–Kier alpha value is -2.06. The molecule has 0 saturated carbocycles. The maximum absolute atomic E-state index is 12.8. The van der Waals surface area contributed by atoms with Crippen LogP contribution >= 0.6 is 24.0 Å². The number of carbonyl (C=O) groups excluding carboxylic acids is 1. The first-order chi connectivity index (χ1) is 10.9. The third-order valence-corrected chi connectivity index (χ3v) is 4.34. The first kappa shape index (κ1) is 15.8. The molecule has 2 aromatic rings. The number of furan rings is 1. The molecule has 1 amide bonds. The van der Waals surface area contributed by atoms with Crippen molar-refractivity contribution in [3.8, 4) is 0 Å². The number of thiocarbonyl (C=S) groups is 1. The van der Waals surface area contributed by atoms with Crippen LogP contribution in [0.4, 0.5) is 18.9 Å². The summed E-state index contributed by atoms with van der Waals surface area (Å²) in [6, 6.07) is 7.83. The molecule has 1 fully saturated rings. The van der Waals surface area contributed by atoms with E-state index in [0.717, 1.165) is 28.8 Å². The van der Waals surface area contributed by atoms with Gasteiger partial charge in [0, 0.05) is 6.08 Å². The number of anilines is 1. The summed E-state index contributed by atoms with van der Waals surface area (Å²) in [4.78, 5) is 13.8. The number of nitrogens with zero attached hydrogens (tertiary/aromatic N) is 1. The molecule has 0 N–H and O–H groups in total. The molecule has 0 unspecified atom stereocenters. The molecule has 0 radical (unpaired) electrons. The minimum absolute atomic E-state index is 0.0881. The quantitative estimate of drug-likeness (QED) is 0.577. The zero-order valence-corrected chi connectivity index (χ0v) is 13.0. The molecule has 1 aromatic carbocycles. The first-order valence-electron chi connectivity index (χ1n) is 6.35. The summed E-state index contributed by atoms with van der Waals surface area (Å²) in [5.41, 5.74) is -0.746. The zero-order chi connectivity index (χ0) is 16.6. The predicted octanol–water partition coefficient (Wildman–Crippen LogP) is 4.70. The number of carbonyl (C=O) groups is 1. The summed E-state index contributed by atoms with van der Waals surface area (Å²) >= 11 is 6.14. The van der Waals surface area contributed by atoms with Crippen LogP contribution in [-0.4, -0.2) is 10.2 Å². The van der Waals surface area contributed by atoms with Crippen molar-refractivity contribution in [1.82, 2.24) is 0 Å². The second kappa shape index (κ2) is 5.86. The summed E-state index contributed by atoms with van der Waals surface area (Å²) in [5.74, 6) is -0.00901. The van der Waals surface area contributed by atoms with E-state index in [1.54, 1.807) is 12.1 Å². The number of hydrogen-bond acceptors (Lipinski definition) is 4. The lowest BCUT2D eigenvalue weighted by Gasteiger charge is -2.16. The van der Waals surface area contributed by atoms with E-state index in [4.69, 9.17) is 16.6 Å². The van der Waals surface area contributed by atoms with Crippen molar-refractivity contribution < 1.29 is 22.4 Å². The van der Waals surface area contributed by atoms with Crippen molar-refractivity contribution in [3.05, 3.63) is 58.9 Å². The lowest BCUT2D eigenvalue weighted by Crippen LogP contribution is -2.27. The van der Waals surface area contributed by atoms with Crippen molar-refractivity contribution in [2.24, 2.45) is 0 Å². The Morgan fingerprint density at radius 2 is 2.00 bits per heavy atom. The molecule has 0 aliphatic carbocycles. The third kappa shape index (κ3) is 3.18. The fourth-order valence-electron chi connectivity index (χ4n) is 2.01. The maximum atomic E-state index is 12.8. The monoisotopic (exact) mass is 355 g/mol. The van der Waals surface area contributed by atoms with Gasteiger partial charge < -0.3 is 4.42 Å². The number of hydrogen-bond donors (Lipinski definition) is 0. The number of amides is 1. The van der Waals surface area contributed by atoms with Crippen LogP contribution in [0, 0.1) is 0 Å². The van der Waals surface area contributed by atoms with Crippen molar-refractivity contribution in [2.45, 2.75) is 6.18 Å². The minimum Gasteiger partial charge on any atom is -0.465 e. The van der Waals surface area contributed by atoms with Crippen molar-refractivity contribution >= 4 is 46.0 Å². The van der Waals surface area contributed by atoms with E-state index in [2.05, 4.69) is 0 Å². The Kier molecular flexibility index (Phi) is 4.03. The number of halogens is 3. The summed E-state index contributed by atoms with van der Waals surface area (Å²) in [5, 5.41) is 0. The highest BCUT2D eigenvalue weighted by Gasteiger charge is 2.36. The van der Waals surface area contributed by atoms with Crippen molar-refractivity contribution in [1.29, 1.82) is 0 Å². The Bertz CT molecular complexity index is 797. The molecule has 1 aromatic heterocycles. The Morgan fingerprint density at radius 1 is 1.22 bits per heavy atom. The van der Waals surface area contributed by atoms with Gasteiger partial charge in [0.2, 0.25) is 0 Å². The summed E-state index contributed by atoms with van der Waals surface area (Å²) in [6.45, 7) is 0. The Morgan fingerprint density at radius 3 is 2.65 bits per heavy atom. The lowest BCUT2D eigenvalue weighted by molar-refractivity contribution is -0.137. The van der Waals surface area contributed by atoms with Crippen LogP contribution < -0.4 is 4.90 Å². The number of rotatable bonds is 2. The van der Waals surface area contributed by atoms with Gasteiger partial charge in [0.05, 0.1) is 22.4 Å². The molecule has 3 nitrogen and oxygen atoms in total. The molecule has 0 atom stereocenters.